The van der Waals surface area contributed by atoms with Gasteiger partial charge in [-0.15, -0.1) is 0 Å². The topological polar surface area (TPSA) is 61.9 Å². The maximum atomic E-state index is 12.5. The molecule has 2 amide bonds. The molecule has 0 radical (unpaired) electrons. The van der Waals surface area contributed by atoms with E-state index in [1.165, 1.54) is 16.7 Å². The van der Waals surface area contributed by atoms with E-state index in [0.717, 1.165) is 12.2 Å². The molecule has 0 aromatic heterocycles. The normalized spacial score (nSPS) is 14.4. The number of carbonyl (C=O) groups excluding carboxylic acids is 2. The number of rotatable bonds is 8. The van der Waals surface area contributed by atoms with Gasteiger partial charge in [-0.3, -0.25) is 14.5 Å². The monoisotopic (exact) mass is 423 g/mol. The molecule has 3 rings (SSSR count). The van der Waals surface area contributed by atoms with Crippen LogP contribution in [0, 0.1) is 20.8 Å². The lowest BCUT2D eigenvalue weighted by molar-refractivity contribution is -0.122. The minimum Gasteiger partial charge on any atom is -0.493 e. The van der Waals surface area contributed by atoms with Gasteiger partial charge in [0.25, 0.3) is 5.91 Å². The van der Waals surface area contributed by atoms with Crippen LogP contribution in [0.25, 0.3) is 0 Å². The molecule has 0 spiro atoms. The summed E-state index contributed by atoms with van der Waals surface area (Å²) in [6.07, 6.45) is 0.761. The molecule has 1 aliphatic heterocycles. The quantitative estimate of drug-likeness (QED) is 0.663. The summed E-state index contributed by atoms with van der Waals surface area (Å²) in [7, 11) is 0. The van der Waals surface area contributed by atoms with E-state index in [4.69, 9.17) is 4.74 Å². The maximum absolute atomic E-state index is 12.5. The van der Waals surface area contributed by atoms with Crippen molar-refractivity contribution in [3.8, 4) is 5.75 Å². The molecule has 166 valence electrons. The van der Waals surface area contributed by atoms with E-state index in [2.05, 4.69) is 43.1 Å². The summed E-state index contributed by atoms with van der Waals surface area (Å²) in [5.74, 6) is 1.00. The first-order valence-corrected chi connectivity index (χ1v) is 11.0. The average Bonchev–Trinajstić information content (AvgIpc) is 2.77. The fraction of sp³-hybridized carbons (Fsp3) is 0.440. The highest BCUT2D eigenvalue weighted by atomic mass is 16.5. The van der Waals surface area contributed by atoms with Crippen LogP contribution in [0.2, 0.25) is 0 Å². The van der Waals surface area contributed by atoms with Gasteiger partial charge in [0.1, 0.15) is 5.75 Å². The van der Waals surface area contributed by atoms with E-state index in [9.17, 15) is 9.59 Å². The van der Waals surface area contributed by atoms with Gasteiger partial charge in [0, 0.05) is 38.3 Å². The first-order chi connectivity index (χ1) is 14.9. The Hall–Kier alpha value is -2.86. The largest absolute Gasteiger partial charge is 0.493 e. The lowest BCUT2D eigenvalue weighted by Gasteiger charge is -2.34. The van der Waals surface area contributed by atoms with Crippen molar-refractivity contribution >= 4 is 11.8 Å². The second-order valence-electron chi connectivity index (χ2n) is 8.19. The van der Waals surface area contributed by atoms with Crippen molar-refractivity contribution < 1.29 is 14.3 Å². The Morgan fingerprint density at radius 1 is 1.00 bits per heavy atom. The van der Waals surface area contributed by atoms with Crippen molar-refractivity contribution in [3.63, 3.8) is 0 Å². The van der Waals surface area contributed by atoms with Gasteiger partial charge in [0.15, 0.2) is 0 Å². The molecular formula is C25H33N3O3. The van der Waals surface area contributed by atoms with Crippen LogP contribution in [0.1, 0.15) is 33.5 Å². The summed E-state index contributed by atoms with van der Waals surface area (Å²) >= 11 is 0. The number of benzene rings is 2. The first kappa shape index (κ1) is 22.8. The fourth-order valence-electron chi connectivity index (χ4n) is 3.76. The number of ether oxygens (including phenoxy) is 1. The van der Waals surface area contributed by atoms with Gasteiger partial charge in [-0.05, 0) is 62.1 Å². The van der Waals surface area contributed by atoms with Crippen LogP contribution in [0.15, 0.2) is 42.5 Å². The third-order valence-corrected chi connectivity index (χ3v) is 5.71. The van der Waals surface area contributed by atoms with Crippen molar-refractivity contribution in [3.05, 3.63) is 64.7 Å². The molecule has 31 heavy (non-hydrogen) atoms. The summed E-state index contributed by atoms with van der Waals surface area (Å²) in [5, 5.41) is 2.97. The van der Waals surface area contributed by atoms with E-state index < -0.39 is 0 Å². The third-order valence-electron chi connectivity index (χ3n) is 5.71. The Morgan fingerprint density at radius 2 is 1.71 bits per heavy atom. The fourth-order valence-corrected chi connectivity index (χ4v) is 3.76. The van der Waals surface area contributed by atoms with Gasteiger partial charge < -0.3 is 15.0 Å². The van der Waals surface area contributed by atoms with Crippen molar-refractivity contribution in [2.24, 2.45) is 0 Å². The van der Waals surface area contributed by atoms with E-state index in [0.29, 0.717) is 51.4 Å². The molecule has 1 N–H and O–H groups in total. The van der Waals surface area contributed by atoms with Gasteiger partial charge >= 0.3 is 0 Å². The van der Waals surface area contributed by atoms with Crippen molar-refractivity contribution in [1.82, 2.24) is 15.1 Å². The van der Waals surface area contributed by atoms with Crippen molar-refractivity contribution in [2.75, 3.05) is 45.9 Å². The van der Waals surface area contributed by atoms with E-state index >= 15 is 0 Å². The number of carbonyl (C=O) groups is 2. The van der Waals surface area contributed by atoms with Gasteiger partial charge in [0.2, 0.25) is 5.91 Å². The van der Waals surface area contributed by atoms with Crippen LogP contribution < -0.4 is 10.1 Å². The molecule has 0 atom stereocenters. The van der Waals surface area contributed by atoms with E-state index in [-0.39, 0.29) is 11.8 Å². The highest BCUT2D eigenvalue weighted by molar-refractivity contribution is 5.94. The number of hydrogen-bond donors (Lipinski definition) is 1. The predicted octanol–water partition coefficient (Wildman–Crippen LogP) is 2.95. The first-order valence-electron chi connectivity index (χ1n) is 11.0. The smallest absolute Gasteiger partial charge is 0.253 e. The standard InChI is InChI=1S/C25H33N3O3/c1-19-16-20(2)21(3)23(17-19)31-15-7-10-26-24(29)18-27-11-13-28(14-12-27)25(30)22-8-5-4-6-9-22/h4-6,8-9,16-17H,7,10-15,18H2,1-3H3,(H,26,29). The summed E-state index contributed by atoms with van der Waals surface area (Å²) in [6.45, 7) is 10.5. The van der Waals surface area contributed by atoms with Gasteiger partial charge in [0.05, 0.1) is 13.2 Å². The van der Waals surface area contributed by atoms with Crippen LogP contribution in [-0.2, 0) is 4.79 Å². The Morgan fingerprint density at radius 3 is 2.42 bits per heavy atom. The minimum atomic E-state index is 0.0189. The molecule has 6 heteroatoms. The van der Waals surface area contributed by atoms with Gasteiger partial charge in [-0.1, -0.05) is 24.3 Å². The average molecular weight is 424 g/mol. The molecular weight excluding hydrogens is 390 g/mol. The Bertz CT molecular complexity index is 890. The summed E-state index contributed by atoms with van der Waals surface area (Å²) < 4.78 is 5.90. The van der Waals surface area contributed by atoms with Crippen LogP contribution in [0.3, 0.4) is 0 Å². The number of nitrogens with one attached hydrogen (secondary N) is 1. The third kappa shape index (κ3) is 6.56. The summed E-state index contributed by atoms with van der Waals surface area (Å²) in [5.41, 5.74) is 4.30. The Balaban J connectivity index is 1.32. The van der Waals surface area contributed by atoms with Crippen LogP contribution in [-0.4, -0.2) is 67.5 Å². The lowest BCUT2D eigenvalue weighted by atomic mass is 10.1. The second-order valence-corrected chi connectivity index (χ2v) is 8.19. The molecule has 1 aliphatic rings. The van der Waals surface area contributed by atoms with Gasteiger partial charge in [-0.2, -0.15) is 0 Å². The molecule has 2 aromatic carbocycles. The van der Waals surface area contributed by atoms with E-state index in [1.54, 1.807) is 0 Å². The molecule has 0 bridgehead atoms. The van der Waals surface area contributed by atoms with Crippen LogP contribution >= 0.6 is 0 Å². The molecule has 0 aliphatic carbocycles. The second kappa shape index (κ2) is 11.0. The molecule has 2 aromatic rings. The molecule has 1 heterocycles. The number of hydrogen-bond acceptors (Lipinski definition) is 4. The zero-order chi connectivity index (χ0) is 22.2. The molecule has 1 fully saturated rings. The zero-order valence-electron chi connectivity index (χ0n) is 18.8. The van der Waals surface area contributed by atoms with Crippen LogP contribution in [0.5, 0.6) is 5.75 Å². The SMILES string of the molecule is Cc1cc(C)c(C)c(OCCCNC(=O)CN2CCN(C(=O)c3ccccc3)CC2)c1. The Labute approximate surface area is 185 Å². The van der Waals surface area contributed by atoms with Crippen LogP contribution in [0.4, 0.5) is 0 Å². The predicted molar refractivity (Wildman–Crippen MR) is 123 cm³/mol. The molecule has 6 nitrogen and oxygen atoms in total. The Kier molecular flexibility index (Phi) is 8.06. The molecule has 0 saturated carbocycles. The van der Waals surface area contributed by atoms with Gasteiger partial charge in [-0.25, -0.2) is 0 Å². The number of nitrogens with zero attached hydrogens (tertiary/aromatic N) is 2. The number of aryl methyl sites for hydroxylation is 2. The van der Waals surface area contributed by atoms with Crippen molar-refractivity contribution in [1.29, 1.82) is 0 Å². The lowest BCUT2D eigenvalue weighted by Crippen LogP contribution is -2.51. The highest BCUT2D eigenvalue weighted by Gasteiger charge is 2.23. The number of piperazine rings is 1. The summed E-state index contributed by atoms with van der Waals surface area (Å²) in [4.78, 5) is 28.7. The molecule has 0 unspecified atom stereocenters. The van der Waals surface area contributed by atoms with E-state index in [1.807, 2.05) is 35.2 Å². The number of amides is 2. The van der Waals surface area contributed by atoms with Crippen molar-refractivity contribution in [2.45, 2.75) is 27.2 Å². The summed E-state index contributed by atoms with van der Waals surface area (Å²) in [6, 6.07) is 13.6. The minimum absolute atomic E-state index is 0.0189. The molecule has 1 saturated heterocycles. The highest BCUT2D eigenvalue weighted by Crippen LogP contribution is 2.23. The maximum Gasteiger partial charge on any atom is 0.253 e. The zero-order valence-corrected chi connectivity index (χ0v) is 18.8.